The molecule has 0 saturated carbocycles. The van der Waals surface area contributed by atoms with Crippen LogP contribution in [0.3, 0.4) is 0 Å². The Morgan fingerprint density at radius 2 is 1.92 bits per heavy atom. The number of rotatable bonds is 4. The summed E-state index contributed by atoms with van der Waals surface area (Å²) < 4.78 is 12.2. The first-order valence-corrected chi connectivity index (χ1v) is 8.64. The summed E-state index contributed by atoms with van der Waals surface area (Å²) in [6.07, 6.45) is 4.62. The molecular formula is C18H22BNO3S. The molecule has 126 valence electrons. The maximum Gasteiger partial charge on any atom is 0.491 e. The molecule has 6 heteroatoms. The summed E-state index contributed by atoms with van der Waals surface area (Å²) in [5, 5.41) is 0.921. The topological polar surface area (TPSA) is 51.3 Å². The van der Waals surface area contributed by atoms with Crippen LogP contribution in [0.1, 0.15) is 43.6 Å². The number of fused-ring (bicyclic) bond motifs is 1. The van der Waals surface area contributed by atoms with Gasteiger partial charge in [-0.15, -0.1) is 0 Å². The third kappa shape index (κ3) is 2.94. The zero-order chi connectivity index (χ0) is 17.5. The summed E-state index contributed by atoms with van der Waals surface area (Å²) in [5.41, 5.74) is 2.84. The number of H-pyrrole nitrogens is 1. The summed E-state index contributed by atoms with van der Waals surface area (Å²) in [6, 6.07) is 5.94. The molecular weight excluding hydrogens is 321 g/mol. The van der Waals surface area contributed by atoms with Crippen LogP contribution in [0.2, 0.25) is 0 Å². The zero-order valence-electron chi connectivity index (χ0n) is 14.4. The molecule has 0 amide bonds. The SMILES string of the molecule is CC1(C)OB(C(=Cc2ccc3c(C=O)c[nH]c3c2)CS)OC1(C)C. The lowest BCUT2D eigenvalue weighted by Crippen LogP contribution is -2.41. The van der Waals surface area contributed by atoms with E-state index in [2.05, 4.69) is 17.6 Å². The van der Waals surface area contributed by atoms with Crippen LogP contribution in [0.15, 0.2) is 29.9 Å². The van der Waals surface area contributed by atoms with E-state index in [0.29, 0.717) is 11.3 Å². The van der Waals surface area contributed by atoms with E-state index < -0.39 is 7.12 Å². The van der Waals surface area contributed by atoms with Crippen molar-refractivity contribution in [3.63, 3.8) is 0 Å². The van der Waals surface area contributed by atoms with Crippen molar-refractivity contribution in [3.8, 4) is 0 Å². The molecule has 1 saturated heterocycles. The number of carbonyl (C=O) groups is 1. The summed E-state index contributed by atoms with van der Waals surface area (Å²) in [6.45, 7) is 8.15. The molecule has 1 fully saturated rings. The van der Waals surface area contributed by atoms with Gasteiger partial charge in [-0.3, -0.25) is 4.79 Å². The number of aldehydes is 1. The molecule has 0 aliphatic carbocycles. The van der Waals surface area contributed by atoms with E-state index in [1.807, 2.05) is 52.0 Å². The standard InChI is InChI=1S/C18H22BNO3S/c1-17(2)18(3,4)23-19(22-17)14(11-24)7-12-5-6-15-13(10-21)9-20-16(15)8-12/h5-10,20,24H,11H2,1-4H3. The monoisotopic (exact) mass is 343 g/mol. The van der Waals surface area contributed by atoms with Crippen molar-refractivity contribution in [3.05, 3.63) is 41.0 Å². The second-order valence-corrected chi connectivity index (χ2v) is 7.45. The fourth-order valence-corrected chi connectivity index (χ4v) is 2.99. The van der Waals surface area contributed by atoms with Gasteiger partial charge in [0.1, 0.15) is 0 Å². The molecule has 1 aliphatic heterocycles. The van der Waals surface area contributed by atoms with Gasteiger partial charge in [-0.25, -0.2) is 0 Å². The lowest BCUT2D eigenvalue weighted by Gasteiger charge is -2.32. The van der Waals surface area contributed by atoms with Crippen LogP contribution in [-0.2, 0) is 9.31 Å². The molecule has 2 aromatic rings. The lowest BCUT2D eigenvalue weighted by molar-refractivity contribution is 0.00578. The fraction of sp³-hybridized carbons (Fsp3) is 0.389. The molecule has 0 spiro atoms. The van der Waals surface area contributed by atoms with Gasteiger partial charge in [0.25, 0.3) is 0 Å². The molecule has 4 nitrogen and oxygen atoms in total. The van der Waals surface area contributed by atoms with E-state index in [-0.39, 0.29) is 11.2 Å². The summed E-state index contributed by atoms with van der Waals surface area (Å²) in [5.74, 6) is 0.541. The van der Waals surface area contributed by atoms with E-state index >= 15 is 0 Å². The van der Waals surface area contributed by atoms with Gasteiger partial charge >= 0.3 is 7.12 Å². The van der Waals surface area contributed by atoms with Gasteiger partial charge in [0.2, 0.25) is 0 Å². The number of aromatic amines is 1. The number of nitrogens with one attached hydrogen (secondary N) is 1. The van der Waals surface area contributed by atoms with E-state index in [1.54, 1.807) is 6.20 Å². The highest BCUT2D eigenvalue weighted by atomic mass is 32.1. The number of carbonyl (C=O) groups excluding carboxylic acids is 1. The van der Waals surface area contributed by atoms with E-state index in [1.165, 1.54) is 0 Å². The van der Waals surface area contributed by atoms with Gasteiger partial charge < -0.3 is 14.3 Å². The molecule has 1 aromatic heterocycles. The van der Waals surface area contributed by atoms with Crippen molar-refractivity contribution in [1.82, 2.24) is 4.98 Å². The number of hydrogen-bond donors (Lipinski definition) is 2. The highest BCUT2D eigenvalue weighted by Crippen LogP contribution is 2.39. The van der Waals surface area contributed by atoms with Gasteiger partial charge in [-0.2, -0.15) is 12.6 Å². The predicted octanol–water partition coefficient (Wildman–Crippen LogP) is 3.93. The van der Waals surface area contributed by atoms with Crippen LogP contribution in [-0.4, -0.2) is 35.3 Å². The molecule has 24 heavy (non-hydrogen) atoms. The largest absolute Gasteiger partial charge is 0.491 e. The van der Waals surface area contributed by atoms with Crippen molar-refractivity contribution < 1.29 is 14.1 Å². The lowest BCUT2D eigenvalue weighted by atomic mass is 9.78. The molecule has 0 unspecified atom stereocenters. The van der Waals surface area contributed by atoms with Crippen molar-refractivity contribution in [2.24, 2.45) is 0 Å². The van der Waals surface area contributed by atoms with Crippen LogP contribution >= 0.6 is 12.6 Å². The first-order chi connectivity index (χ1) is 11.3. The Labute approximate surface area is 148 Å². The molecule has 0 bridgehead atoms. The van der Waals surface area contributed by atoms with Crippen molar-refractivity contribution in [1.29, 1.82) is 0 Å². The first-order valence-electron chi connectivity index (χ1n) is 8.01. The molecule has 0 radical (unpaired) electrons. The van der Waals surface area contributed by atoms with Crippen LogP contribution in [0.5, 0.6) is 0 Å². The van der Waals surface area contributed by atoms with Crippen molar-refractivity contribution in [2.45, 2.75) is 38.9 Å². The number of aromatic nitrogens is 1. The fourth-order valence-electron chi connectivity index (χ4n) is 2.75. The number of hydrogen-bond acceptors (Lipinski definition) is 4. The minimum Gasteiger partial charge on any atom is -0.400 e. The van der Waals surface area contributed by atoms with E-state index in [9.17, 15) is 4.79 Å². The van der Waals surface area contributed by atoms with Gasteiger partial charge in [-0.05, 0) is 44.8 Å². The minimum absolute atomic E-state index is 0.373. The average molecular weight is 343 g/mol. The van der Waals surface area contributed by atoms with Crippen molar-refractivity contribution >= 4 is 43.0 Å². The second kappa shape index (κ2) is 6.10. The van der Waals surface area contributed by atoms with Crippen LogP contribution < -0.4 is 0 Å². The van der Waals surface area contributed by atoms with E-state index in [4.69, 9.17) is 9.31 Å². The van der Waals surface area contributed by atoms with Crippen LogP contribution in [0.25, 0.3) is 17.0 Å². The molecule has 0 atom stereocenters. The van der Waals surface area contributed by atoms with Gasteiger partial charge in [0.05, 0.1) is 11.2 Å². The number of benzene rings is 1. The Bertz CT molecular complexity index is 794. The van der Waals surface area contributed by atoms with E-state index in [0.717, 1.165) is 28.2 Å². The number of thiol groups is 1. The highest BCUT2D eigenvalue weighted by molar-refractivity contribution is 7.80. The quantitative estimate of drug-likeness (QED) is 0.503. The Morgan fingerprint density at radius 1 is 1.25 bits per heavy atom. The summed E-state index contributed by atoms with van der Waals surface area (Å²) >= 11 is 4.44. The third-order valence-corrected chi connectivity index (χ3v) is 5.32. The van der Waals surface area contributed by atoms with Crippen LogP contribution in [0.4, 0.5) is 0 Å². The first kappa shape index (κ1) is 17.3. The minimum atomic E-state index is -0.405. The second-order valence-electron chi connectivity index (χ2n) is 7.13. The molecule has 1 aromatic carbocycles. The maximum atomic E-state index is 11.0. The Kier molecular flexibility index (Phi) is 4.40. The average Bonchev–Trinajstić information content (AvgIpc) is 3.02. The highest BCUT2D eigenvalue weighted by Gasteiger charge is 2.52. The molecule has 2 heterocycles. The molecule has 3 rings (SSSR count). The van der Waals surface area contributed by atoms with Gasteiger partial charge in [0.15, 0.2) is 6.29 Å². The Balaban J connectivity index is 1.92. The maximum absolute atomic E-state index is 11.0. The van der Waals surface area contributed by atoms with Gasteiger partial charge in [-0.1, -0.05) is 18.2 Å². The third-order valence-electron chi connectivity index (χ3n) is 4.96. The Hall–Kier alpha value is -1.50. The predicted molar refractivity (Wildman–Crippen MR) is 102 cm³/mol. The zero-order valence-corrected chi connectivity index (χ0v) is 15.3. The molecule has 1 aliphatic rings. The Morgan fingerprint density at radius 3 is 2.50 bits per heavy atom. The smallest absolute Gasteiger partial charge is 0.400 e. The summed E-state index contributed by atoms with van der Waals surface area (Å²) in [4.78, 5) is 14.1. The van der Waals surface area contributed by atoms with Crippen molar-refractivity contribution in [2.75, 3.05) is 5.75 Å². The van der Waals surface area contributed by atoms with Gasteiger partial charge in [0, 0.05) is 28.4 Å². The normalized spacial score (nSPS) is 19.9. The summed E-state index contributed by atoms with van der Waals surface area (Å²) in [7, 11) is -0.405. The molecule has 1 N–H and O–H groups in total. The van der Waals surface area contributed by atoms with Crippen LogP contribution in [0, 0.1) is 0 Å².